The second-order valence-electron chi connectivity index (χ2n) is 1.12. The van der Waals surface area contributed by atoms with Crippen molar-refractivity contribution in [1.82, 2.24) is 0 Å². The van der Waals surface area contributed by atoms with Gasteiger partial charge in [0.1, 0.15) is 0 Å². The zero-order valence-electron chi connectivity index (χ0n) is 9.15. The Morgan fingerprint density at radius 2 is 0.409 bits per heavy atom. The first-order valence-corrected chi connectivity index (χ1v) is 5.48. The first kappa shape index (κ1) is 36.4. The second-order valence-corrected chi connectivity index (χ2v) is 1.12. The van der Waals surface area contributed by atoms with Gasteiger partial charge in [-0.2, -0.15) is 0 Å². The molecule has 0 unspecified atom stereocenters. The zero-order valence-corrected chi connectivity index (χ0v) is 11.9. The van der Waals surface area contributed by atoms with Gasteiger partial charge in [-0.25, -0.2) is 0 Å². The van der Waals surface area contributed by atoms with Crippen molar-refractivity contribution in [2.24, 2.45) is 0 Å². The fourth-order valence-electron chi connectivity index (χ4n) is 0. The summed E-state index contributed by atoms with van der Waals surface area (Å²) in [6, 6.07) is 0. The molecular formula is ClMoN5O15. The zero-order chi connectivity index (χ0) is 19.9. The summed E-state index contributed by atoms with van der Waals surface area (Å²) in [6.07, 6.45) is 0. The van der Waals surface area contributed by atoms with Gasteiger partial charge < -0.3 is 76.6 Å². The van der Waals surface area contributed by atoms with Crippen molar-refractivity contribution in [3.8, 4) is 0 Å². The molecule has 0 saturated carbocycles. The normalized spacial score (nSPS) is 5.77. The van der Waals surface area contributed by atoms with Gasteiger partial charge in [0.25, 0.3) is 0 Å². The van der Waals surface area contributed by atoms with E-state index in [-0.39, 0.29) is 0 Å². The molecule has 0 rings (SSSR count). The Morgan fingerprint density at radius 1 is 0.409 bits per heavy atom. The molecule has 0 aromatic rings. The van der Waals surface area contributed by atoms with E-state index in [2.05, 4.69) is 9.42 Å². The molecule has 0 amide bonds. The second kappa shape index (κ2) is 36.1. The Labute approximate surface area is 131 Å². The third-order valence-electron chi connectivity index (χ3n) is 0. The first-order valence-electron chi connectivity index (χ1n) is 2.89. The molecule has 0 spiro atoms. The maximum absolute atomic E-state index is 8.25. The van der Waals surface area contributed by atoms with E-state index in [1.165, 1.54) is 18.8 Å². The van der Waals surface area contributed by atoms with Crippen LogP contribution in [0.1, 0.15) is 0 Å². The topological polar surface area (TPSA) is 331 Å². The van der Waals surface area contributed by atoms with Crippen molar-refractivity contribution in [2.45, 2.75) is 0 Å². The fraction of sp³-hybridized carbons (Fsp3) is 0. The summed E-state index contributed by atoms with van der Waals surface area (Å²) >= 11 is 1.42. The van der Waals surface area contributed by atoms with Gasteiger partial charge in [0.2, 0.25) is 0 Å². The molecule has 0 aromatic heterocycles. The number of halogens is 1. The molecule has 0 aromatic carbocycles. The summed E-state index contributed by atoms with van der Waals surface area (Å²) in [5.41, 5.74) is 0. The molecule has 0 aliphatic carbocycles. The van der Waals surface area contributed by atoms with Gasteiger partial charge in [-0.05, 0) is 0 Å². The van der Waals surface area contributed by atoms with Gasteiger partial charge in [-0.15, -0.1) is 0 Å². The third kappa shape index (κ3) is 475. The van der Waals surface area contributed by atoms with E-state index in [1.807, 2.05) is 0 Å². The number of hydrogen-bond acceptors (Lipinski definition) is 15. The van der Waals surface area contributed by atoms with Crippen LogP contribution in [0.2, 0.25) is 0 Å². The molecule has 0 N–H and O–H groups in total. The van der Waals surface area contributed by atoms with E-state index in [4.69, 9.17) is 76.6 Å². The molecule has 20 nitrogen and oxygen atoms in total. The molecule has 0 saturated heterocycles. The monoisotopic (exact) mass is 443 g/mol. The maximum atomic E-state index is 8.25. The number of nitrogens with zero attached hydrogens (tertiary/aromatic N) is 5. The van der Waals surface area contributed by atoms with Gasteiger partial charge in [0.15, 0.2) is 0 Å². The van der Waals surface area contributed by atoms with Gasteiger partial charge in [-0.1, -0.05) is 0 Å². The van der Waals surface area contributed by atoms with E-state index < -0.39 is 25.4 Å². The number of rotatable bonds is 0. The van der Waals surface area contributed by atoms with Gasteiger partial charge in [0, 0.05) is 0 Å². The van der Waals surface area contributed by atoms with Gasteiger partial charge in [0.05, 0.1) is 25.4 Å². The Hall–Kier alpha value is -3.02. The molecule has 0 radical (unpaired) electrons. The quantitative estimate of drug-likeness (QED) is 0.259. The van der Waals surface area contributed by atoms with Crippen LogP contribution >= 0.6 is 9.42 Å². The number of hydrogen-bond donors (Lipinski definition) is 0. The molecule has 128 valence electrons. The Morgan fingerprint density at radius 3 is 0.409 bits per heavy atom. The predicted octanol–water partition coefficient (Wildman–Crippen LogP) is -0.509. The Kier molecular flexibility index (Phi) is 59.8. The molecule has 22 heteroatoms. The van der Waals surface area contributed by atoms with Crippen LogP contribution in [-0.4, -0.2) is 25.4 Å². The van der Waals surface area contributed by atoms with Crippen molar-refractivity contribution in [1.29, 1.82) is 0 Å². The minimum absolute atomic E-state index is 1.42. The van der Waals surface area contributed by atoms with Crippen LogP contribution in [-0.2, 0) is 18.8 Å². The van der Waals surface area contributed by atoms with Crippen LogP contribution in [0.15, 0.2) is 0 Å². The summed E-state index contributed by atoms with van der Waals surface area (Å²) < 4.78 is 0. The summed E-state index contributed by atoms with van der Waals surface area (Å²) in [4.78, 5) is 41.2. The van der Waals surface area contributed by atoms with E-state index in [1.54, 1.807) is 0 Å². The van der Waals surface area contributed by atoms with Gasteiger partial charge in [-0.3, -0.25) is 0 Å². The first-order chi connectivity index (χ1) is 9.66. The average molecular weight is 441 g/mol. The van der Waals surface area contributed by atoms with E-state index in [0.717, 1.165) is 0 Å². The van der Waals surface area contributed by atoms with Crippen LogP contribution in [0.3, 0.4) is 0 Å². The summed E-state index contributed by atoms with van der Waals surface area (Å²) in [5.74, 6) is 0. The van der Waals surface area contributed by atoms with Gasteiger partial charge >= 0.3 is 28.2 Å². The molecule has 0 aliphatic heterocycles. The van der Waals surface area contributed by atoms with Crippen LogP contribution in [0.4, 0.5) is 0 Å². The molecule has 22 heavy (non-hydrogen) atoms. The molecule has 0 aliphatic rings. The van der Waals surface area contributed by atoms with Crippen LogP contribution in [0.5, 0.6) is 0 Å². The minimum atomic E-state index is -1.75. The Bertz CT molecular complexity index is 213. The van der Waals surface area contributed by atoms with Crippen LogP contribution in [0.25, 0.3) is 0 Å². The average Bonchev–Trinajstić information content (AvgIpc) is 2.14. The fourth-order valence-corrected chi connectivity index (χ4v) is 0. The predicted molar refractivity (Wildman–Crippen MR) is 57.7 cm³/mol. The Balaban J connectivity index is -0.0000000353. The van der Waals surface area contributed by atoms with Crippen molar-refractivity contribution < 1.29 is 44.2 Å². The standard InChI is InChI=1S/ClH.Mo.5NO3/c;;5*2-1(3)4/h1H;;;;;;/q;+6;5*-1/p-1. The van der Waals surface area contributed by atoms with Crippen molar-refractivity contribution in [3.63, 3.8) is 0 Å². The molecular weight excluding hydrogens is 441 g/mol. The molecule has 0 bridgehead atoms. The summed E-state index contributed by atoms with van der Waals surface area (Å²) in [5, 5.41) is 73.8. The molecule has 0 fully saturated rings. The van der Waals surface area contributed by atoms with E-state index in [9.17, 15) is 0 Å². The third-order valence-corrected chi connectivity index (χ3v) is 0. The van der Waals surface area contributed by atoms with Crippen molar-refractivity contribution in [3.05, 3.63) is 76.6 Å². The van der Waals surface area contributed by atoms with Crippen LogP contribution < -0.4 is 0 Å². The summed E-state index contributed by atoms with van der Waals surface area (Å²) in [7, 11) is 4.65. The van der Waals surface area contributed by atoms with E-state index >= 15 is 0 Å². The summed E-state index contributed by atoms with van der Waals surface area (Å²) in [6.45, 7) is 0. The van der Waals surface area contributed by atoms with E-state index in [0.29, 0.717) is 0 Å². The molecule has 0 atom stereocenters. The van der Waals surface area contributed by atoms with Crippen LogP contribution in [0, 0.1) is 76.6 Å². The van der Waals surface area contributed by atoms with Crippen molar-refractivity contribution >= 4 is 9.42 Å². The van der Waals surface area contributed by atoms with Crippen molar-refractivity contribution in [2.75, 3.05) is 0 Å². The SMILES string of the molecule is O=[N+]([O-])[O-].O=[N+]([O-])[O-].O=[N+]([O-])[O-].O=[N+]([O-])[O-].O=[N+]([O-])[O-].[Cl][Mo+5]. The molecule has 0 heterocycles.